The Bertz CT molecular complexity index is 106. The van der Waals surface area contributed by atoms with E-state index in [0.717, 1.165) is 12.5 Å². The summed E-state index contributed by atoms with van der Waals surface area (Å²) in [6.07, 6.45) is 3.09. The number of ether oxygens (including phenoxy) is 2. The van der Waals surface area contributed by atoms with Crippen LogP contribution in [0.2, 0.25) is 0 Å². The van der Waals surface area contributed by atoms with Crippen molar-refractivity contribution in [3.05, 3.63) is 0 Å². The monoisotopic (exact) mass is 224 g/mol. The summed E-state index contributed by atoms with van der Waals surface area (Å²) in [5.74, 6) is 0. The summed E-state index contributed by atoms with van der Waals surface area (Å²) in [6, 6.07) is 0. The molecule has 0 aromatic carbocycles. The van der Waals surface area contributed by atoms with E-state index < -0.39 is 0 Å². The molecule has 0 saturated carbocycles. The Hall–Kier alpha value is 0.704. The zero-order chi connectivity index (χ0) is 9.45. The molecule has 12 heavy (non-hydrogen) atoms. The minimum Gasteiger partial charge on any atom is -0.389 e. The molecule has 0 atom stereocenters. The van der Waals surface area contributed by atoms with Crippen LogP contribution in [-0.4, -0.2) is 49.7 Å². The van der Waals surface area contributed by atoms with Gasteiger partial charge in [0.25, 0.3) is 0 Å². The van der Waals surface area contributed by atoms with Crippen molar-refractivity contribution in [2.75, 3.05) is 26.7 Å². The molecule has 0 aliphatic carbocycles. The van der Waals surface area contributed by atoms with Gasteiger partial charge in [0, 0.05) is 26.7 Å². The predicted octanol–water partition coefficient (Wildman–Crippen LogP) is -0.475. The minimum atomic E-state index is -0.168. The van der Waals surface area contributed by atoms with Crippen LogP contribution in [0.25, 0.3) is 0 Å². The highest BCUT2D eigenvalue weighted by molar-refractivity contribution is 7.85. The van der Waals surface area contributed by atoms with Crippen molar-refractivity contribution in [2.24, 2.45) is 0 Å². The molecule has 0 rings (SSSR count). The van der Waals surface area contributed by atoms with Crippen molar-refractivity contribution in [1.82, 2.24) is 0 Å². The highest BCUT2D eigenvalue weighted by atomic mass is 32.1. The molecule has 2 nitrogen and oxygen atoms in total. The molecule has 0 bridgehead atoms. The molecule has 0 aromatic rings. The van der Waals surface area contributed by atoms with Gasteiger partial charge in [-0.15, -0.1) is 0 Å². The Morgan fingerprint density at radius 2 is 1.58 bits per heavy atom. The molecular formula is C7H20O2SSi2. The van der Waals surface area contributed by atoms with E-state index in [0.29, 0.717) is 3.99 Å². The first-order valence-corrected chi connectivity index (χ1v) is 8.25. The Labute approximate surface area is 85.5 Å². The fourth-order valence-electron chi connectivity index (χ4n) is 1.06. The van der Waals surface area contributed by atoms with Crippen LogP contribution in [0.5, 0.6) is 0 Å². The normalized spacial score (nSPS) is 18.0. The molecule has 0 aliphatic heterocycles. The van der Waals surface area contributed by atoms with Crippen LogP contribution in [0, 0.1) is 0 Å². The Morgan fingerprint density at radius 3 is 1.83 bits per heavy atom. The fraction of sp³-hybridized carbons (Fsp3) is 1.00. The SMILES string of the molecule is CCC(S)([SiH2]COC)[SiH2]COC. The van der Waals surface area contributed by atoms with Crippen LogP contribution in [0.15, 0.2) is 0 Å². The predicted molar refractivity (Wildman–Crippen MR) is 62.8 cm³/mol. The van der Waals surface area contributed by atoms with Crippen molar-refractivity contribution in [1.29, 1.82) is 0 Å². The second-order valence-corrected chi connectivity index (χ2v) is 10.7. The van der Waals surface area contributed by atoms with Gasteiger partial charge in [-0.05, 0) is 10.4 Å². The quantitative estimate of drug-likeness (QED) is 0.465. The topological polar surface area (TPSA) is 18.5 Å². The molecule has 0 radical (unpaired) electrons. The molecule has 74 valence electrons. The van der Waals surface area contributed by atoms with Crippen molar-refractivity contribution in [2.45, 2.75) is 17.3 Å². The molecule has 0 unspecified atom stereocenters. The van der Waals surface area contributed by atoms with Gasteiger partial charge in [-0.3, -0.25) is 0 Å². The maximum Gasteiger partial charge on any atom is 0.0659 e. The smallest absolute Gasteiger partial charge is 0.0659 e. The maximum absolute atomic E-state index is 5.11. The molecular weight excluding hydrogens is 204 g/mol. The third kappa shape index (κ3) is 5.37. The van der Waals surface area contributed by atoms with Crippen LogP contribution in [0.4, 0.5) is 0 Å². The number of methoxy groups -OCH3 is 2. The third-order valence-corrected chi connectivity index (χ3v) is 10.1. The Morgan fingerprint density at radius 1 is 1.17 bits per heavy atom. The van der Waals surface area contributed by atoms with Crippen molar-refractivity contribution < 1.29 is 9.47 Å². The third-order valence-electron chi connectivity index (χ3n) is 2.20. The van der Waals surface area contributed by atoms with Gasteiger partial charge in [-0.25, -0.2) is 0 Å². The van der Waals surface area contributed by atoms with Gasteiger partial charge >= 0.3 is 0 Å². The van der Waals surface area contributed by atoms with Gasteiger partial charge in [0.05, 0.1) is 19.0 Å². The van der Waals surface area contributed by atoms with E-state index in [9.17, 15) is 0 Å². The molecule has 5 heteroatoms. The van der Waals surface area contributed by atoms with E-state index in [1.165, 1.54) is 6.42 Å². The molecule has 0 heterocycles. The molecule has 0 aliphatic rings. The van der Waals surface area contributed by atoms with Crippen LogP contribution in [-0.2, 0) is 9.47 Å². The summed E-state index contributed by atoms with van der Waals surface area (Å²) in [6.45, 7) is 2.22. The summed E-state index contributed by atoms with van der Waals surface area (Å²) >= 11 is 4.75. The average Bonchev–Trinajstić information content (AvgIpc) is 2.11. The molecule has 0 fully saturated rings. The molecule has 0 N–H and O–H groups in total. The van der Waals surface area contributed by atoms with Crippen molar-refractivity contribution in [3.8, 4) is 0 Å². The summed E-state index contributed by atoms with van der Waals surface area (Å²) < 4.78 is 10.6. The highest BCUT2D eigenvalue weighted by Crippen LogP contribution is 2.15. The highest BCUT2D eigenvalue weighted by Gasteiger charge is 2.23. The lowest BCUT2D eigenvalue weighted by Crippen LogP contribution is -2.40. The Balaban J connectivity index is 3.70. The van der Waals surface area contributed by atoms with Gasteiger partial charge in [0.15, 0.2) is 0 Å². The summed E-state index contributed by atoms with van der Waals surface area (Å²) in [5.41, 5.74) is 0. The van der Waals surface area contributed by atoms with E-state index >= 15 is 0 Å². The van der Waals surface area contributed by atoms with Gasteiger partial charge in [-0.1, -0.05) is 6.92 Å². The zero-order valence-electron chi connectivity index (χ0n) is 8.30. The van der Waals surface area contributed by atoms with Crippen molar-refractivity contribution >= 4 is 31.7 Å². The van der Waals surface area contributed by atoms with Crippen LogP contribution in [0.3, 0.4) is 0 Å². The second kappa shape index (κ2) is 7.14. The van der Waals surface area contributed by atoms with E-state index in [-0.39, 0.29) is 19.0 Å². The maximum atomic E-state index is 5.11. The number of hydrogen-bond donors (Lipinski definition) is 1. The first-order valence-electron chi connectivity index (χ1n) is 4.39. The van der Waals surface area contributed by atoms with Gasteiger partial charge in [0.2, 0.25) is 0 Å². The van der Waals surface area contributed by atoms with Gasteiger partial charge in [0.1, 0.15) is 0 Å². The largest absolute Gasteiger partial charge is 0.389 e. The minimum absolute atomic E-state index is 0.168. The van der Waals surface area contributed by atoms with Crippen molar-refractivity contribution in [3.63, 3.8) is 0 Å². The average molecular weight is 224 g/mol. The first kappa shape index (κ1) is 12.7. The number of rotatable bonds is 7. The summed E-state index contributed by atoms with van der Waals surface area (Å²) in [7, 11) is 3.21. The van der Waals surface area contributed by atoms with E-state index in [2.05, 4.69) is 6.92 Å². The summed E-state index contributed by atoms with van der Waals surface area (Å²) in [5, 5.41) is 0. The van der Waals surface area contributed by atoms with E-state index in [4.69, 9.17) is 22.1 Å². The standard InChI is InChI=1S/C7H20O2SSi2/c1-4-7(10,11-5-8-2)12-6-9-3/h10H,4-6,11-12H2,1-3H3. The lowest BCUT2D eigenvalue weighted by Gasteiger charge is -2.25. The first-order chi connectivity index (χ1) is 5.68. The van der Waals surface area contributed by atoms with Gasteiger partial charge in [-0.2, -0.15) is 12.6 Å². The molecule has 0 aromatic heterocycles. The Kier molecular flexibility index (Phi) is 7.56. The fourth-order valence-corrected chi connectivity index (χ4v) is 5.35. The molecule has 0 spiro atoms. The second-order valence-electron chi connectivity index (χ2n) is 3.06. The van der Waals surface area contributed by atoms with Crippen LogP contribution < -0.4 is 0 Å². The number of thiol groups is 1. The zero-order valence-corrected chi connectivity index (χ0v) is 12.0. The molecule has 0 amide bonds. The lowest BCUT2D eigenvalue weighted by atomic mass is 10.6. The van der Waals surface area contributed by atoms with E-state index in [1.807, 2.05) is 0 Å². The lowest BCUT2D eigenvalue weighted by molar-refractivity contribution is 0.247. The number of hydrogen-bond acceptors (Lipinski definition) is 3. The van der Waals surface area contributed by atoms with Crippen LogP contribution >= 0.6 is 12.6 Å². The van der Waals surface area contributed by atoms with Crippen LogP contribution in [0.1, 0.15) is 13.3 Å². The molecule has 0 saturated heterocycles. The summed E-state index contributed by atoms with van der Waals surface area (Å²) in [4.78, 5) is 0. The van der Waals surface area contributed by atoms with Gasteiger partial charge < -0.3 is 9.47 Å². The van der Waals surface area contributed by atoms with E-state index in [1.54, 1.807) is 14.2 Å².